The Morgan fingerprint density at radius 1 is 1.13 bits per heavy atom. The van der Waals surface area contributed by atoms with Crippen molar-refractivity contribution in [3.05, 3.63) is 29.3 Å². The van der Waals surface area contributed by atoms with Gasteiger partial charge in [0.1, 0.15) is 11.5 Å². The molecular weight excluding hydrogens is 376 g/mol. The van der Waals surface area contributed by atoms with Gasteiger partial charge in [-0.3, -0.25) is 4.79 Å². The molecule has 0 saturated heterocycles. The van der Waals surface area contributed by atoms with E-state index >= 15 is 0 Å². The molecule has 2 N–H and O–H groups in total. The summed E-state index contributed by atoms with van der Waals surface area (Å²) in [4.78, 5) is 28.1. The first-order valence-corrected chi connectivity index (χ1v) is 11.5. The lowest BCUT2D eigenvalue weighted by Crippen LogP contribution is -2.04. The second-order valence-electron chi connectivity index (χ2n) is 8.07. The number of aromatic amines is 2. The number of carbonyl (C=O) groups is 1. The van der Waals surface area contributed by atoms with Crippen molar-refractivity contribution >= 4 is 17.5 Å². The number of aryl methyl sites for hydroxylation is 1. The molecule has 1 aliphatic carbocycles. The zero-order valence-corrected chi connectivity index (χ0v) is 19.3. The van der Waals surface area contributed by atoms with Gasteiger partial charge in [-0.25, -0.2) is 4.98 Å². The van der Waals surface area contributed by atoms with E-state index in [-0.39, 0.29) is 5.78 Å². The summed E-state index contributed by atoms with van der Waals surface area (Å²) < 4.78 is 5.72. The van der Waals surface area contributed by atoms with Crippen molar-refractivity contribution in [2.45, 2.75) is 98.3 Å². The molecule has 1 saturated carbocycles. The summed E-state index contributed by atoms with van der Waals surface area (Å²) in [6, 6.07) is 3.80. The fourth-order valence-electron chi connectivity index (χ4n) is 3.38. The van der Waals surface area contributed by atoms with E-state index < -0.39 is 0 Å². The maximum Gasteiger partial charge on any atom is 0.199 e. The van der Waals surface area contributed by atoms with E-state index in [0.29, 0.717) is 35.6 Å². The number of hydrogen-bond acceptors (Lipinski definition) is 4. The van der Waals surface area contributed by atoms with Gasteiger partial charge in [-0.1, -0.05) is 52.9 Å². The Hall–Kier alpha value is -2.37. The number of nitrogens with zero attached hydrogens (tertiary/aromatic N) is 2. The first-order chi connectivity index (χ1) is 14.5. The lowest BCUT2D eigenvalue weighted by atomic mass is 10.1. The maximum absolute atomic E-state index is 12.6. The van der Waals surface area contributed by atoms with Gasteiger partial charge in [-0.2, -0.15) is 4.99 Å². The van der Waals surface area contributed by atoms with Crippen molar-refractivity contribution in [2.24, 2.45) is 4.99 Å². The molecule has 0 aromatic carbocycles. The van der Waals surface area contributed by atoms with Crippen LogP contribution in [0.1, 0.15) is 113 Å². The number of carbonyl (C=O) groups excluding carboxylic acids is 1. The summed E-state index contributed by atoms with van der Waals surface area (Å²) in [5.74, 6) is 2.92. The first kappa shape index (κ1) is 23.9. The van der Waals surface area contributed by atoms with Gasteiger partial charge < -0.3 is 14.7 Å². The molecule has 6 heteroatoms. The minimum Gasteiger partial charge on any atom is -0.427 e. The molecule has 2 heterocycles. The molecule has 0 radical (unpaired) electrons. The predicted octanol–water partition coefficient (Wildman–Crippen LogP) is 7.01. The second-order valence-corrected chi connectivity index (χ2v) is 8.07. The quantitative estimate of drug-likeness (QED) is 0.277. The summed E-state index contributed by atoms with van der Waals surface area (Å²) in [6.07, 6.45) is 9.70. The SMILES string of the molecule is CCCC.CCCCC(=O)c1[nH]c(C2CCCC2)nc1/N=C(\C)Oc1ccc(C)[nH]1. The molecule has 0 unspecified atom stereocenters. The molecule has 0 aliphatic heterocycles. The van der Waals surface area contributed by atoms with Crippen LogP contribution in [0.25, 0.3) is 0 Å². The number of H-pyrrole nitrogens is 2. The van der Waals surface area contributed by atoms with Crippen LogP contribution >= 0.6 is 0 Å². The van der Waals surface area contributed by atoms with Gasteiger partial charge in [-0.15, -0.1) is 0 Å². The van der Waals surface area contributed by atoms with Gasteiger partial charge >= 0.3 is 0 Å². The third kappa shape index (κ3) is 7.15. The van der Waals surface area contributed by atoms with Crippen LogP contribution in [0.4, 0.5) is 5.82 Å². The molecule has 1 aliphatic rings. The van der Waals surface area contributed by atoms with E-state index in [0.717, 1.165) is 37.2 Å². The van der Waals surface area contributed by atoms with E-state index in [1.165, 1.54) is 25.7 Å². The fraction of sp³-hybridized carbons (Fsp3) is 0.625. The van der Waals surface area contributed by atoms with Crippen LogP contribution in [0.3, 0.4) is 0 Å². The number of ether oxygens (including phenoxy) is 1. The Morgan fingerprint density at radius 3 is 2.40 bits per heavy atom. The predicted molar refractivity (Wildman–Crippen MR) is 123 cm³/mol. The van der Waals surface area contributed by atoms with Crippen LogP contribution in [0.15, 0.2) is 17.1 Å². The smallest absolute Gasteiger partial charge is 0.199 e. The molecule has 0 bridgehead atoms. The van der Waals surface area contributed by atoms with Gasteiger partial charge in [0.15, 0.2) is 23.4 Å². The highest BCUT2D eigenvalue weighted by Crippen LogP contribution is 2.34. The molecule has 6 nitrogen and oxygen atoms in total. The van der Waals surface area contributed by atoms with Gasteiger partial charge in [-0.05, 0) is 32.3 Å². The Bertz CT molecular complexity index is 811. The van der Waals surface area contributed by atoms with E-state index in [2.05, 4.69) is 40.7 Å². The summed E-state index contributed by atoms with van der Waals surface area (Å²) in [5, 5.41) is 0. The Balaban J connectivity index is 0.000000735. The number of ketones is 1. The van der Waals surface area contributed by atoms with Crippen LogP contribution in [-0.4, -0.2) is 26.6 Å². The zero-order valence-electron chi connectivity index (χ0n) is 19.3. The van der Waals surface area contributed by atoms with Crippen molar-refractivity contribution < 1.29 is 9.53 Å². The number of unbranched alkanes of at least 4 members (excludes halogenated alkanes) is 2. The van der Waals surface area contributed by atoms with Crippen molar-refractivity contribution in [1.29, 1.82) is 0 Å². The Morgan fingerprint density at radius 2 is 1.83 bits per heavy atom. The highest BCUT2D eigenvalue weighted by Gasteiger charge is 2.24. The third-order valence-electron chi connectivity index (χ3n) is 5.31. The molecule has 0 atom stereocenters. The van der Waals surface area contributed by atoms with E-state index in [1.807, 2.05) is 19.1 Å². The number of aromatic nitrogens is 3. The van der Waals surface area contributed by atoms with Gasteiger partial charge in [0.2, 0.25) is 0 Å². The Labute approximate surface area is 181 Å². The van der Waals surface area contributed by atoms with Gasteiger partial charge in [0.05, 0.1) is 0 Å². The van der Waals surface area contributed by atoms with E-state index in [1.54, 1.807) is 6.92 Å². The number of nitrogens with one attached hydrogen (secondary N) is 2. The third-order valence-corrected chi connectivity index (χ3v) is 5.31. The molecule has 1 fully saturated rings. The highest BCUT2D eigenvalue weighted by molar-refractivity contribution is 5.99. The average molecular weight is 415 g/mol. The largest absolute Gasteiger partial charge is 0.427 e. The number of aliphatic imine (C=N–C) groups is 1. The van der Waals surface area contributed by atoms with Crippen molar-refractivity contribution in [3.63, 3.8) is 0 Å². The molecule has 0 spiro atoms. The fourth-order valence-corrected chi connectivity index (χ4v) is 3.38. The first-order valence-electron chi connectivity index (χ1n) is 11.5. The van der Waals surface area contributed by atoms with Crippen LogP contribution in [0.5, 0.6) is 5.88 Å². The highest BCUT2D eigenvalue weighted by atomic mass is 16.5. The number of Topliss-reactive ketones (excluding diaryl/α,β-unsaturated/α-hetero) is 1. The normalized spacial score (nSPS) is 14.5. The Kier molecular flexibility index (Phi) is 9.84. The van der Waals surface area contributed by atoms with Crippen LogP contribution < -0.4 is 4.74 Å². The standard InChI is InChI=1S/C20H28N4O2.C4H10/c1-4-5-10-16(25)18-20(24-19(23-18)15-8-6-7-9-15)22-14(3)26-17-12-11-13(2)21-17;1-3-4-2/h11-12,15,21H,4-10H2,1-3H3,(H,23,24);3-4H2,1-2H3/b22-14+;. The molecule has 166 valence electrons. The zero-order chi connectivity index (χ0) is 21.9. The van der Waals surface area contributed by atoms with Crippen LogP contribution in [0, 0.1) is 6.92 Å². The minimum atomic E-state index is 0.0749. The van der Waals surface area contributed by atoms with Crippen LogP contribution in [0.2, 0.25) is 0 Å². The molecule has 2 aromatic heterocycles. The van der Waals surface area contributed by atoms with E-state index in [9.17, 15) is 4.79 Å². The minimum absolute atomic E-state index is 0.0749. The molecule has 2 aromatic rings. The number of hydrogen-bond donors (Lipinski definition) is 2. The molecule has 0 amide bonds. The summed E-state index contributed by atoms with van der Waals surface area (Å²) in [5.41, 5.74) is 1.54. The molecular formula is C24H38N4O2. The monoisotopic (exact) mass is 414 g/mol. The summed E-state index contributed by atoms with van der Waals surface area (Å²) in [6.45, 7) is 10.2. The second kappa shape index (κ2) is 12.4. The van der Waals surface area contributed by atoms with Gasteiger partial charge in [0.25, 0.3) is 0 Å². The lowest BCUT2D eigenvalue weighted by molar-refractivity contribution is 0.0976. The lowest BCUT2D eigenvalue weighted by Gasteiger charge is -2.03. The van der Waals surface area contributed by atoms with Crippen molar-refractivity contribution in [1.82, 2.24) is 15.0 Å². The summed E-state index contributed by atoms with van der Waals surface area (Å²) in [7, 11) is 0. The number of imidazole rings is 1. The topological polar surface area (TPSA) is 83.1 Å². The summed E-state index contributed by atoms with van der Waals surface area (Å²) >= 11 is 0. The van der Waals surface area contributed by atoms with Crippen molar-refractivity contribution in [2.75, 3.05) is 0 Å². The average Bonchev–Trinajstić information content (AvgIpc) is 3.47. The van der Waals surface area contributed by atoms with E-state index in [4.69, 9.17) is 4.74 Å². The molecule has 3 rings (SSSR count). The number of rotatable bonds is 8. The van der Waals surface area contributed by atoms with Crippen molar-refractivity contribution in [3.8, 4) is 5.88 Å². The van der Waals surface area contributed by atoms with Crippen LogP contribution in [-0.2, 0) is 0 Å². The maximum atomic E-state index is 12.6. The van der Waals surface area contributed by atoms with Gasteiger partial charge in [0, 0.05) is 31.0 Å². The molecule has 30 heavy (non-hydrogen) atoms.